The Morgan fingerprint density at radius 2 is 1.81 bits per heavy atom. The second-order valence-corrected chi connectivity index (χ2v) is 12.9. The number of hydrogen-bond acceptors (Lipinski definition) is 8. The van der Waals surface area contributed by atoms with Gasteiger partial charge in [0.15, 0.2) is 0 Å². The van der Waals surface area contributed by atoms with Crippen LogP contribution in [0.4, 0.5) is 11.8 Å². The van der Waals surface area contributed by atoms with Crippen LogP contribution in [0.1, 0.15) is 4.88 Å². The molecule has 0 spiro atoms. The van der Waals surface area contributed by atoms with Gasteiger partial charge in [-0.25, -0.2) is 13.4 Å². The second kappa shape index (κ2) is 9.06. The first kappa shape index (κ1) is 21.8. The third-order valence-corrected chi connectivity index (χ3v) is 10.1. The predicted molar refractivity (Wildman–Crippen MR) is 134 cm³/mol. The van der Waals surface area contributed by atoms with E-state index < -0.39 is 10.0 Å². The lowest BCUT2D eigenvalue weighted by atomic mass is 10.2. The van der Waals surface area contributed by atoms with Crippen LogP contribution in [0.2, 0.25) is 0 Å². The van der Waals surface area contributed by atoms with Crippen molar-refractivity contribution in [1.29, 1.82) is 0 Å². The fraction of sp³-hybridized carbons (Fsp3) is 0.238. The smallest absolute Gasteiger partial charge is 0.252 e. The summed E-state index contributed by atoms with van der Waals surface area (Å²) < 4.78 is 28.6. The van der Waals surface area contributed by atoms with Crippen LogP contribution in [-0.4, -0.2) is 48.9 Å². The average Bonchev–Trinajstić information content (AvgIpc) is 3.49. The predicted octanol–water partition coefficient (Wildman–Crippen LogP) is 4.64. The molecule has 0 radical (unpaired) electrons. The highest BCUT2D eigenvalue weighted by Crippen LogP contribution is 2.30. The van der Waals surface area contributed by atoms with Gasteiger partial charge in [0.05, 0.1) is 15.8 Å². The number of nitrogens with one attached hydrogen (secondary N) is 1. The number of fused-ring (bicyclic) bond motifs is 1. The van der Waals surface area contributed by atoms with Crippen LogP contribution in [0.3, 0.4) is 0 Å². The minimum absolute atomic E-state index is 0.361. The molecule has 32 heavy (non-hydrogen) atoms. The highest BCUT2D eigenvalue weighted by Gasteiger charge is 2.30. The Kier molecular flexibility index (Phi) is 6.17. The summed E-state index contributed by atoms with van der Waals surface area (Å²) in [6, 6.07) is 15.5. The minimum Gasteiger partial charge on any atom is -0.364 e. The number of sulfonamides is 1. The number of aromatic nitrogens is 2. The van der Waals surface area contributed by atoms with Crippen molar-refractivity contribution < 1.29 is 8.42 Å². The van der Waals surface area contributed by atoms with Gasteiger partial charge in [-0.1, -0.05) is 18.2 Å². The number of thiophene rings is 2. The normalized spacial score (nSPS) is 15.3. The third-order valence-electron chi connectivity index (χ3n) is 5.27. The van der Waals surface area contributed by atoms with E-state index in [1.54, 1.807) is 27.8 Å². The molecule has 1 aliphatic heterocycles. The van der Waals surface area contributed by atoms with E-state index in [0.717, 1.165) is 20.5 Å². The molecule has 0 amide bonds. The van der Waals surface area contributed by atoms with E-state index in [1.807, 2.05) is 30.3 Å². The molecule has 11 heteroatoms. The summed E-state index contributed by atoms with van der Waals surface area (Å²) in [5.41, 5.74) is 0.865. The van der Waals surface area contributed by atoms with E-state index in [2.05, 4.69) is 37.6 Å². The van der Waals surface area contributed by atoms with E-state index in [1.165, 1.54) is 16.2 Å². The van der Waals surface area contributed by atoms with E-state index in [0.29, 0.717) is 42.9 Å². The summed E-state index contributed by atoms with van der Waals surface area (Å²) in [7, 11) is -3.48. The highest BCUT2D eigenvalue weighted by atomic mass is 79.9. The summed E-state index contributed by atoms with van der Waals surface area (Å²) in [6.45, 7) is 2.56. The largest absolute Gasteiger partial charge is 0.364 e. The van der Waals surface area contributed by atoms with Crippen molar-refractivity contribution in [2.45, 2.75) is 10.8 Å². The Bertz CT molecular complexity index is 1330. The van der Waals surface area contributed by atoms with Crippen LogP contribution in [0.15, 0.2) is 61.9 Å². The van der Waals surface area contributed by atoms with Crippen molar-refractivity contribution in [2.24, 2.45) is 0 Å². The molecule has 0 aliphatic carbocycles. The first-order valence-electron chi connectivity index (χ1n) is 10.0. The fourth-order valence-electron chi connectivity index (χ4n) is 3.62. The number of halogens is 1. The van der Waals surface area contributed by atoms with Crippen LogP contribution < -0.4 is 10.2 Å². The number of nitrogens with zero attached hydrogens (tertiary/aromatic N) is 4. The molecule has 0 unspecified atom stereocenters. The lowest BCUT2D eigenvalue weighted by molar-refractivity contribution is 0.383. The van der Waals surface area contributed by atoms with Crippen LogP contribution in [0, 0.1) is 0 Å². The Morgan fingerprint density at radius 1 is 1.00 bits per heavy atom. The maximum Gasteiger partial charge on any atom is 0.252 e. The summed E-state index contributed by atoms with van der Waals surface area (Å²) in [6.07, 6.45) is 0. The Morgan fingerprint density at radius 3 is 2.53 bits per heavy atom. The molecule has 7 nitrogen and oxygen atoms in total. The Labute approximate surface area is 202 Å². The van der Waals surface area contributed by atoms with Crippen LogP contribution in [0.5, 0.6) is 0 Å². The van der Waals surface area contributed by atoms with Gasteiger partial charge in [-0.15, -0.1) is 22.7 Å². The van der Waals surface area contributed by atoms with Gasteiger partial charge in [0.25, 0.3) is 10.0 Å². The summed E-state index contributed by atoms with van der Waals surface area (Å²) in [4.78, 5) is 12.9. The third kappa shape index (κ3) is 4.40. The van der Waals surface area contributed by atoms with Gasteiger partial charge in [-0.05, 0) is 51.6 Å². The number of rotatable bonds is 6. The summed E-state index contributed by atoms with van der Waals surface area (Å²) in [5, 5.41) is 6.48. The number of para-hydroxylation sites is 1. The van der Waals surface area contributed by atoms with Gasteiger partial charge in [0, 0.05) is 36.4 Å². The van der Waals surface area contributed by atoms with Gasteiger partial charge in [0.1, 0.15) is 10.0 Å². The van der Waals surface area contributed by atoms with Crippen LogP contribution in [-0.2, 0) is 16.6 Å². The van der Waals surface area contributed by atoms with E-state index in [-0.39, 0.29) is 0 Å². The minimum atomic E-state index is -3.48. The Hall–Kier alpha value is -2.05. The SMILES string of the molecule is O=S(=O)(c1ccc(Br)s1)N1CCN(c2nc(NCc3cccs3)c3ccccc3n2)CC1. The lowest BCUT2D eigenvalue weighted by Crippen LogP contribution is -2.49. The monoisotopic (exact) mass is 549 g/mol. The molecule has 0 atom stereocenters. The molecule has 1 fully saturated rings. The molecule has 1 aliphatic rings. The maximum atomic E-state index is 12.9. The first-order valence-corrected chi connectivity index (χ1v) is 14.0. The topological polar surface area (TPSA) is 78.4 Å². The molecule has 1 N–H and O–H groups in total. The molecular weight excluding hydrogens is 530 g/mol. The zero-order chi connectivity index (χ0) is 22.1. The number of benzene rings is 1. The zero-order valence-corrected chi connectivity index (χ0v) is 21.0. The van der Waals surface area contributed by atoms with Crippen LogP contribution >= 0.6 is 38.6 Å². The van der Waals surface area contributed by atoms with Crippen molar-refractivity contribution in [3.05, 3.63) is 62.6 Å². The van der Waals surface area contributed by atoms with Gasteiger partial charge in [-0.3, -0.25) is 0 Å². The van der Waals surface area contributed by atoms with E-state index in [4.69, 9.17) is 9.97 Å². The molecular formula is C21H20BrN5O2S3. The summed E-state index contributed by atoms with van der Waals surface area (Å²) in [5.74, 6) is 1.41. The molecule has 3 aromatic heterocycles. The highest BCUT2D eigenvalue weighted by molar-refractivity contribution is 9.11. The van der Waals surface area contributed by atoms with Crippen LogP contribution in [0.25, 0.3) is 10.9 Å². The number of piperazine rings is 1. The molecule has 4 heterocycles. The molecule has 4 aromatic rings. The maximum absolute atomic E-state index is 12.9. The first-order chi connectivity index (χ1) is 15.5. The quantitative estimate of drug-likeness (QED) is 0.377. The molecule has 5 rings (SSSR count). The lowest BCUT2D eigenvalue weighted by Gasteiger charge is -2.34. The average molecular weight is 551 g/mol. The Balaban J connectivity index is 1.36. The van der Waals surface area contributed by atoms with Gasteiger partial charge >= 0.3 is 0 Å². The van der Waals surface area contributed by atoms with Crippen molar-refractivity contribution in [3.63, 3.8) is 0 Å². The van der Waals surface area contributed by atoms with Gasteiger partial charge < -0.3 is 10.2 Å². The molecule has 1 saturated heterocycles. The molecule has 1 aromatic carbocycles. The van der Waals surface area contributed by atoms with Gasteiger partial charge in [-0.2, -0.15) is 9.29 Å². The van der Waals surface area contributed by atoms with Crippen molar-refractivity contribution in [2.75, 3.05) is 36.4 Å². The standard InChI is InChI=1S/C21H20BrN5O2S3/c22-18-7-8-19(31-18)32(28,29)27-11-9-26(10-12-27)21-24-17-6-2-1-5-16(17)20(25-21)23-14-15-4-3-13-30-15/h1-8,13H,9-12,14H2,(H,23,24,25). The zero-order valence-electron chi connectivity index (χ0n) is 16.9. The second-order valence-electron chi connectivity index (χ2n) is 7.27. The van der Waals surface area contributed by atoms with Crippen molar-refractivity contribution >= 4 is 71.3 Å². The van der Waals surface area contributed by atoms with Gasteiger partial charge in [0.2, 0.25) is 5.95 Å². The van der Waals surface area contributed by atoms with E-state index in [9.17, 15) is 8.42 Å². The molecule has 0 saturated carbocycles. The van der Waals surface area contributed by atoms with Crippen molar-refractivity contribution in [1.82, 2.24) is 14.3 Å². The molecule has 0 bridgehead atoms. The summed E-state index contributed by atoms with van der Waals surface area (Å²) >= 11 is 6.28. The molecule has 166 valence electrons. The number of anilines is 2. The fourth-order valence-corrected chi connectivity index (χ4v) is 7.85. The van der Waals surface area contributed by atoms with E-state index >= 15 is 0 Å². The number of hydrogen-bond donors (Lipinski definition) is 1. The van der Waals surface area contributed by atoms with Crippen molar-refractivity contribution in [3.8, 4) is 0 Å².